The molecule has 74 valence electrons. The molecule has 0 unspecified atom stereocenters. The molecule has 0 spiro atoms. The molecule has 3 nitrogen and oxygen atoms in total. The molecule has 2 aromatic heterocycles. The van der Waals surface area contributed by atoms with Gasteiger partial charge in [0.05, 0.1) is 17.8 Å². The van der Waals surface area contributed by atoms with Gasteiger partial charge in [0.1, 0.15) is 5.76 Å². The summed E-state index contributed by atoms with van der Waals surface area (Å²) in [5.41, 5.74) is 1.84. The number of aromatic nitrogens is 1. The Hall–Kier alpha value is -1.13. The van der Waals surface area contributed by atoms with Crippen molar-refractivity contribution in [2.45, 2.75) is 19.5 Å². The van der Waals surface area contributed by atoms with Crippen LogP contribution in [0.4, 0.5) is 0 Å². The first-order valence-corrected chi connectivity index (χ1v) is 5.38. The van der Waals surface area contributed by atoms with Gasteiger partial charge in [0.15, 0.2) is 0 Å². The Kier molecular flexibility index (Phi) is 2.96. The van der Waals surface area contributed by atoms with Gasteiger partial charge in [0.2, 0.25) is 0 Å². The molecule has 1 N–H and O–H groups in total. The number of hydrogen-bond acceptors (Lipinski definition) is 4. The zero-order valence-corrected chi connectivity index (χ0v) is 8.75. The summed E-state index contributed by atoms with van der Waals surface area (Å²) < 4.78 is 5.29. The van der Waals surface area contributed by atoms with E-state index in [9.17, 15) is 0 Å². The van der Waals surface area contributed by atoms with Gasteiger partial charge in [-0.3, -0.25) is 4.98 Å². The Morgan fingerprint density at radius 2 is 2.57 bits per heavy atom. The largest absolute Gasteiger partial charge is 0.468 e. The normalized spacial score (nSPS) is 12.9. The highest BCUT2D eigenvalue weighted by Crippen LogP contribution is 2.13. The fourth-order valence-corrected chi connectivity index (χ4v) is 1.77. The van der Waals surface area contributed by atoms with E-state index in [-0.39, 0.29) is 6.04 Å². The Bertz CT molecular complexity index is 355. The smallest absolute Gasteiger partial charge is 0.120 e. The number of rotatable bonds is 4. The van der Waals surface area contributed by atoms with Crippen LogP contribution in [0.25, 0.3) is 0 Å². The third-order valence-electron chi connectivity index (χ3n) is 2.04. The highest BCUT2D eigenvalue weighted by atomic mass is 32.1. The molecule has 0 aliphatic heterocycles. The predicted molar refractivity (Wildman–Crippen MR) is 56.1 cm³/mol. The average Bonchev–Trinajstić information content (AvgIpc) is 2.87. The SMILES string of the molecule is C[C@@H](NCc1cncs1)c1ccco1. The molecule has 4 heteroatoms. The standard InChI is InChI=1S/C10H12N2OS/c1-8(10-3-2-4-13-10)12-6-9-5-11-7-14-9/h2-5,7-8,12H,6H2,1H3/t8-/m1/s1. The minimum Gasteiger partial charge on any atom is -0.468 e. The van der Waals surface area contributed by atoms with E-state index in [1.165, 1.54) is 4.88 Å². The van der Waals surface area contributed by atoms with Crippen LogP contribution in [0.2, 0.25) is 0 Å². The highest BCUT2D eigenvalue weighted by molar-refractivity contribution is 7.09. The van der Waals surface area contributed by atoms with Gasteiger partial charge in [-0.25, -0.2) is 0 Å². The van der Waals surface area contributed by atoms with Gasteiger partial charge in [-0.1, -0.05) is 0 Å². The first-order chi connectivity index (χ1) is 6.86. The van der Waals surface area contributed by atoms with Crippen LogP contribution in [0, 0.1) is 0 Å². The quantitative estimate of drug-likeness (QED) is 0.839. The minimum absolute atomic E-state index is 0.243. The third kappa shape index (κ3) is 2.21. The van der Waals surface area contributed by atoms with Crippen LogP contribution >= 0.6 is 11.3 Å². The van der Waals surface area contributed by atoms with E-state index >= 15 is 0 Å². The van der Waals surface area contributed by atoms with Gasteiger partial charge in [-0.2, -0.15) is 0 Å². The molecule has 0 bridgehead atoms. The van der Waals surface area contributed by atoms with E-state index in [2.05, 4.69) is 17.2 Å². The topological polar surface area (TPSA) is 38.1 Å². The molecule has 0 amide bonds. The second kappa shape index (κ2) is 4.39. The van der Waals surface area contributed by atoms with Crippen LogP contribution < -0.4 is 5.32 Å². The van der Waals surface area contributed by atoms with Crippen LogP contribution in [0.1, 0.15) is 23.6 Å². The van der Waals surface area contributed by atoms with Crippen LogP contribution in [-0.2, 0) is 6.54 Å². The summed E-state index contributed by atoms with van der Waals surface area (Å²) in [6, 6.07) is 4.12. The van der Waals surface area contributed by atoms with E-state index in [1.54, 1.807) is 17.6 Å². The molecule has 2 aromatic rings. The second-order valence-corrected chi connectivity index (χ2v) is 4.06. The zero-order chi connectivity index (χ0) is 9.80. The van der Waals surface area contributed by atoms with Gasteiger partial charge in [-0.15, -0.1) is 11.3 Å². The number of hydrogen-bond donors (Lipinski definition) is 1. The molecule has 14 heavy (non-hydrogen) atoms. The fourth-order valence-electron chi connectivity index (χ4n) is 1.22. The van der Waals surface area contributed by atoms with Crippen LogP contribution in [0.15, 0.2) is 34.5 Å². The highest BCUT2D eigenvalue weighted by Gasteiger charge is 2.07. The maximum Gasteiger partial charge on any atom is 0.120 e. The van der Waals surface area contributed by atoms with Crippen LogP contribution in [0.5, 0.6) is 0 Å². The lowest BCUT2D eigenvalue weighted by Crippen LogP contribution is -2.16. The van der Waals surface area contributed by atoms with Crippen molar-refractivity contribution in [2.75, 3.05) is 0 Å². The Balaban J connectivity index is 1.87. The Morgan fingerprint density at radius 3 is 3.21 bits per heavy atom. The molecule has 0 saturated carbocycles. The molecular weight excluding hydrogens is 196 g/mol. The summed E-state index contributed by atoms with van der Waals surface area (Å²) in [4.78, 5) is 5.26. The molecule has 0 aliphatic carbocycles. The second-order valence-electron chi connectivity index (χ2n) is 3.09. The van der Waals surface area contributed by atoms with Crippen molar-refractivity contribution in [1.29, 1.82) is 0 Å². The summed E-state index contributed by atoms with van der Waals surface area (Å²) in [7, 11) is 0. The van der Waals surface area contributed by atoms with Crippen LogP contribution in [0.3, 0.4) is 0 Å². The molecule has 0 aromatic carbocycles. The minimum atomic E-state index is 0.243. The number of thiazole rings is 1. The first-order valence-electron chi connectivity index (χ1n) is 4.50. The summed E-state index contributed by atoms with van der Waals surface area (Å²) in [5, 5.41) is 3.36. The monoisotopic (exact) mass is 208 g/mol. The van der Waals surface area contributed by atoms with Gasteiger partial charge >= 0.3 is 0 Å². The van der Waals surface area contributed by atoms with Crippen molar-refractivity contribution in [1.82, 2.24) is 10.3 Å². The third-order valence-corrected chi connectivity index (χ3v) is 2.82. The molecule has 1 atom stereocenters. The van der Waals surface area contributed by atoms with E-state index < -0.39 is 0 Å². The van der Waals surface area contributed by atoms with E-state index in [0.29, 0.717) is 0 Å². The molecule has 2 heterocycles. The van der Waals surface area contributed by atoms with Crippen molar-refractivity contribution in [2.24, 2.45) is 0 Å². The molecular formula is C10H12N2OS. The van der Waals surface area contributed by atoms with Crippen molar-refractivity contribution >= 4 is 11.3 Å². The van der Waals surface area contributed by atoms with E-state index in [0.717, 1.165) is 12.3 Å². The number of furan rings is 1. The van der Waals surface area contributed by atoms with Gasteiger partial charge in [0.25, 0.3) is 0 Å². The van der Waals surface area contributed by atoms with Gasteiger partial charge < -0.3 is 9.73 Å². The average molecular weight is 208 g/mol. The summed E-state index contributed by atoms with van der Waals surface area (Å²) in [5.74, 6) is 0.967. The molecule has 0 saturated heterocycles. The fraction of sp³-hybridized carbons (Fsp3) is 0.300. The molecule has 0 fully saturated rings. The molecule has 2 rings (SSSR count). The van der Waals surface area contributed by atoms with E-state index in [1.807, 2.05) is 23.8 Å². The predicted octanol–water partition coefficient (Wildman–Crippen LogP) is 2.59. The first kappa shape index (κ1) is 9.43. The maximum absolute atomic E-state index is 5.29. The Labute approximate surface area is 86.8 Å². The van der Waals surface area contributed by atoms with Crippen molar-refractivity contribution in [3.05, 3.63) is 40.7 Å². The lowest BCUT2D eigenvalue weighted by Gasteiger charge is -2.09. The van der Waals surface area contributed by atoms with Gasteiger partial charge in [-0.05, 0) is 19.1 Å². The maximum atomic E-state index is 5.29. The van der Waals surface area contributed by atoms with Crippen molar-refractivity contribution in [3.63, 3.8) is 0 Å². The molecule has 0 radical (unpaired) electrons. The summed E-state index contributed by atoms with van der Waals surface area (Å²) in [6.45, 7) is 2.92. The van der Waals surface area contributed by atoms with Crippen LogP contribution in [-0.4, -0.2) is 4.98 Å². The van der Waals surface area contributed by atoms with E-state index in [4.69, 9.17) is 4.42 Å². The lowest BCUT2D eigenvalue weighted by atomic mass is 10.2. The Morgan fingerprint density at radius 1 is 1.64 bits per heavy atom. The summed E-state index contributed by atoms with van der Waals surface area (Å²) in [6.07, 6.45) is 3.58. The summed E-state index contributed by atoms with van der Waals surface area (Å²) >= 11 is 1.66. The van der Waals surface area contributed by atoms with Crippen molar-refractivity contribution in [3.8, 4) is 0 Å². The van der Waals surface area contributed by atoms with Crippen molar-refractivity contribution < 1.29 is 4.42 Å². The zero-order valence-electron chi connectivity index (χ0n) is 7.93. The molecule has 0 aliphatic rings. The lowest BCUT2D eigenvalue weighted by molar-refractivity contribution is 0.431. The van der Waals surface area contributed by atoms with Gasteiger partial charge in [0, 0.05) is 17.6 Å². The number of nitrogens with one attached hydrogen (secondary N) is 1. The number of nitrogens with zero attached hydrogens (tertiary/aromatic N) is 1.